The smallest absolute Gasteiger partial charge is 0.222 e. The van der Waals surface area contributed by atoms with Crippen molar-refractivity contribution in [1.82, 2.24) is 9.88 Å². The Kier molecular flexibility index (Phi) is 3.19. The largest absolute Gasteiger partial charge is 0.336 e. The van der Waals surface area contributed by atoms with E-state index in [1.807, 2.05) is 25.2 Å². The van der Waals surface area contributed by atoms with Crippen LogP contribution < -0.4 is 5.73 Å². The number of carbonyl (C=O) groups excluding carboxylic acids is 1. The van der Waals surface area contributed by atoms with Crippen molar-refractivity contribution >= 4 is 5.91 Å². The summed E-state index contributed by atoms with van der Waals surface area (Å²) < 4.78 is 0. The number of likely N-dealkylation sites (N-methyl/N-ethyl adjacent to an activating group) is 1. The zero-order chi connectivity index (χ0) is 11.5. The van der Waals surface area contributed by atoms with Crippen molar-refractivity contribution in [1.29, 1.82) is 0 Å². The molecule has 2 heterocycles. The molecule has 1 saturated heterocycles. The number of nitrogens with two attached hydrogens (primary N) is 1. The summed E-state index contributed by atoms with van der Waals surface area (Å²) in [5.74, 6) is 0.156. The van der Waals surface area contributed by atoms with Gasteiger partial charge in [0.25, 0.3) is 0 Å². The number of carbonyl (C=O) groups is 1. The highest BCUT2D eigenvalue weighted by atomic mass is 16.2. The second-order valence-corrected chi connectivity index (χ2v) is 4.26. The molecule has 0 saturated carbocycles. The summed E-state index contributed by atoms with van der Waals surface area (Å²) in [5.41, 5.74) is 7.01. The Bertz CT molecular complexity index is 366. The fraction of sp³-hybridized carbons (Fsp3) is 0.500. The molecule has 1 fully saturated rings. The molecule has 16 heavy (non-hydrogen) atoms. The van der Waals surface area contributed by atoms with Crippen molar-refractivity contribution in [2.24, 2.45) is 5.73 Å². The standard InChI is InChI=1S/C12H17N3O/c1-15-11(16)7-4-5-9(13)12(15)10-6-2-3-8-14-10/h2-3,6,8-9,12H,4-5,7,13H2,1H3. The van der Waals surface area contributed by atoms with Gasteiger partial charge in [0, 0.05) is 25.7 Å². The van der Waals surface area contributed by atoms with Crippen molar-refractivity contribution in [2.75, 3.05) is 7.05 Å². The van der Waals surface area contributed by atoms with E-state index in [4.69, 9.17) is 5.73 Å². The molecule has 0 aromatic carbocycles. The third-order valence-corrected chi connectivity index (χ3v) is 3.14. The maximum atomic E-state index is 11.8. The maximum absolute atomic E-state index is 11.8. The molecule has 1 aliphatic rings. The number of likely N-dealkylation sites (tertiary alicyclic amines) is 1. The second kappa shape index (κ2) is 4.61. The molecule has 0 aliphatic carbocycles. The minimum atomic E-state index is -0.0869. The lowest BCUT2D eigenvalue weighted by molar-refractivity contribution is -0.131. The Balaban J connectivity index is 2.31. The van der Waals surface area contributed by atoms with E-state index in [0.29, 0.717) is 6.42 Å². The number of rotatable bonds is 1. The van der Waals surface area contributed by atoms with E-state index < -0.39 is 0 Å². The molecule has 0 radical (unpaired) electrons. The van der Waals surface area contributed by atoms with Crippen molar-refractivity contribution < 1.29 is 4.79 Å². The first-order valence-corrected chi connectivity index (χ1v) is 5.62. The summed E-state index contributed by atoms with van der Waals surface area (Å²) in [6.45, 7) is 0. The van der Waals surface area contributed by atoms with E-state index in [-0.39, 0.29) is 18.0 Å². The van der Waals surface area contributed by atoms with E-state index in [2.05, 4.69) is 4.98 Å². The first-order chi connectivity index (χ1) is 7.70. The number of nitrogens with zero attached hydrogens (tertiary/aromatic N) is 2. The molecule has 2 N–H and O–H groups in total. The molecule has 1 aromatic rings. The minimum absolute atomic E-state index is 0.0219. The molecule has 1 amide bonds. The van der Waals surface area contributed by atoms with E-state index in [0.717, 1.165) is 18.5 Å². The van der Waals surface area contributed by atoms with Gasteiger partial charge < -0.3 is 10.6 Å². The lowest BCUT2D eigenvalue weighted by Gasteiger charge is -2.29. The second-order valence-electron chi connectivity index (χ2n) is 4.26. The fourth-order valence-corrected chi connectivity index (χ4v) is 2.23. The monoisotopic (exact) mass is 219 g/mol. The number of pyridine rings is 1. The topological polar surface area (TPSA) is 59.2 Å². The van der Waals surface area contributed by atoms with Crippen molar-refractivity contribution in [3.63, 3.8) is 0 Å². The maximum Gasteiger partial charge on any atom is 0.222 e. The SMILES string of the molecule is CN1C(=O)CCCC(N)C1c1ccccn1. The van der Waals surface area contributed by atoms with Gasteiger partial charge >= 0.3 is 0 Å². The zero-order valence-electron chi connectivity index (χ0n) is 9.47. The summed E-state index contributed by atoms with van der Waals surface area (Å²) in [6, 6.07) is 5.62. The van der Waals surface area contributed by atoms with Gasteiger partial charge in [0.05, 0.1) is 11.7 Å². The highest BCUT2D eigenvalue weighted by molar-refractivity contribution is 5.76. The average molecular weight is 219 g/mol. The summed E-state index contributed by atoms with van der Waals surface area (Å²) in [4.78, 5) is 17.8. The normalized spacial score (nSPS) is 26.6. The Morgan fingerprint density at radius 3 is 3.00 bits per heavy atom. The molecule has 86 valence electrons. The fourth-order valence-electron chi connectivity index (χ4n) is 2.23. The Labute approximate surface area is 95.5 Å². The van der Waals surface area contributed by atoms with Crippen LogP contribution in [0.5, 0.6) is 0 Å². The third kappa shape index (κ3) is 2.07. The Hall–Kier alpha value is -1.42. The quantitative estimate of drug-likeness (QED) is 0.769. The van der Waals surface area contributed by atoms with E-state index in [9.17, 15) is 4.79 Å². The van der Waals surface area contributed by atoms with Crippen LogP contribution in [-0.4, -0.2) is 28.9 Å². The number of hydrogen-bond donors (Lipinski definition) is 1. The predicted molar refractivity (Wildman–Crippen MR) is 61.6 cm³/mol. The van der Waals surface area contributed by atoms with Crippen molar-refractivity contribution in [3.05, 3.63) is 30.1 Å². The van der Waals surface area contributed by atoms with E-state index in [1.54, 1.807) is 11.1 Å². The summed E-state index contributed by atoms with van der Waals surface area (Å²) >= 11 is 0. The Morgan fingerprint density at radius 2 is 2.31 bits per heavy atom. The minimum Gasteiger partial charge on any atom is -0.336 e. The van der Waals surface area contributed by atoms with Crippen LogP contribution in [0.3, 0.4) is 0 Å². The van der Waals surface area contributed by atoms with Gasteiger partial charge in [-0.1, -0.05) is 6.07 Å². The van der Waals surface area contributed by atoms with Crippen LogP contribution in [-0.2, 0) is 4.79 Å². The van der Waals surface area contributed by atoms with Crippen molar-refractivity contribution in [2.45, 2.75) is 31.3 Å². The highest BCUT2D eigenvalue weighted by Gasteiger charge is 2.30. The molecule has 0 spiro atoms. The summed E-state index contributed by atoms with van der Waals surface area (Å²) in [6.07, 6.45) is 4.07. The van der Waals surface area contributed by atoms with Gasteiger partial charge in [0.1, 0.15) is 0 Å². The number of hydrogen-bond acceptors (Lipinski definition) is 3. The third-order valence-electron chi connectivity index (χ3n) is 3.14. The molecule has 0 bridgehead atoms. The first-order valence-electron chi connectivity index (χ1n) is 5.62. The molecule has 4 heteroatoms. The van der Waals surface area contributed by atoms with Crippen LogP contribution in [0.25, 0.3) is 0 Å². The van der Waals surface area contributed by atoms with Crippen LogP contribution >= 0.6 is 0 Å². The van der Waals surface area contributed by atoms with Gasteiger partial charge in [0.2, 0.25) is 5.91 Å². The molecular formula is C12H17N3O. The van der Waals surface area contributed by atoms with Crippen LogP contribution in [0.1, 0.15) is 31.0 Å². The molecule has 2 unspecified atom stereocenters. The van der Waals surface area contributed by atoms with Gasteiger partial charge in [0.15, 0.2) is 0 Å². The van der Waals surface area contributed by atoms with Gasteiger partial charge in [-0.05, 0) is 25.0 Å². The Morgan fingerprint density at radius 1 is 1.50 bits per heavy atom. The van der Waals surface area contributed by atoms with Gasteiger partial charge in [-0.25, -0.2) is 0 Å². The van der Waals surface area contributed by atoms with Gasteiger partial charge in [-0.3, -0.25) is 9.78 Å². The molecule has 1 aliphatic heterocycles. The van der Waals surface area contributed by atoms with Crippen LogP contribution in [0.2, 0.25) is 0 Å². The predicted octanol–water partition coefficient (Wildman–Crippen LogP) is 1.09. The van der Waals surface area contributed by atoms with E-state index in [1.165, 1.54) is 0 Å². The van der Waals surface area contributed by atoms with Crippen LogP contribution in [0.15, 0.2) is 24.4 Å². The average Bonchev–Trinajstić information content (AvgIpc) is 2.41. The molecule has 4 nitrogen and oxygen atoms in total. The van der Waals surface area contributed by atoms with Crippen LogP contribution in [0, 0.1) is 0 Å². The molecular weight excluding hydrogens is 202 g/mol. The van der Waals surface area contributed by atoms with Gasteiger partial charge in [-0.15, -0.1) is 0 Å². The van der Waals surface area contributed by atoms with Gasteiger partial charge in [-0.2, -0.15) is 0 Å². The lowest BCUT2D eigenvalue weighted by Crippen LogP contribution is -2.40. The number of aromatic nitrogens is 1. The first kappa shape index (κ1) is 11.1. The van der Waals surface area contributed by atoms with Crippen molar-refractivity contribution in [3.8, 4) is 0 Å². The zero-order valence-corrected chi connectivity index (χ0v) is 9.47. The molecule has 2 atom stereocenters. The molecule has 1 aromatic heterocycles. The number of amides is 1. The van der Waals surface area contributed by atoms with E-state index >= 15 is 0 Å². The molecule has 2 rings (SSSR count). The summed E-state index contributed by atoms with van der Waals surface area (Å²) in [7, 11) is 1.81. The lowest BCUT2D eigenvalue weighted by atomic mass is 10.0. The van der Waals surface area contributed by atoms with Crippen LogP contribution in [0.4, 0.5) is 0 Å². The highest BCUT2D eigenvalue weighted by Crippen LogP contribution is 2.27. The summed E-state index contributed by atoms with van der Waals surface area (Å²) in [5, 5.41) is 0.